The lowest BCUT2D eigenvalue weighted by molar-refractivity contribution is 0.0643. The lowest BCUT2D eigenvalue weighted by Gasteiger charge is -2.46. The second-order valence-corrected chi connectivity index (χ2v) is 7.30. The van der Waals surface area contributed by atoms with E-state index in [-0.39, 0.29) is 0 Å². The van der Waals surface area contributed by atoms with E-state index in [0.717, 1.165) is 17.9 Å². The summed E-state index contributed by atoms with van der Waals surface area (Å²) in [5.41, 5.74) is 0. The SMILES string of the molecule is CCCNC1CC(C)CC(C)C1N1CCCN(C)CC1. The van der Waals surface area contributed by atoms with Crippen LogP contribution in [0.2, 0.25) is 0 Å². The Morgan fingerprint density at radius 3 is 2.60 bits per heavy atom. The molecule has 0 spiro atoms. The predicted molar refractivity (Wildman–Crippen MR) is 87.1 cm³/mol. The molecule has 20 heavy (non-hydrogen) atoms. The summed E-state index contributed by atoms with van der Waals surface area (Å²) in [5, 5.41) is 3.86. The van der Waals surface area contributed by atoms with E-state index in [1.54, 1.807) is 0 Å². The molecule has 1 aliphatic heterocycles. The van der Waals surface area contributed by atoms with Gasteiger partial charge in [0, 0.05) is 25.2 Å². The molecule has 1 saturated heterocycles. The van der Waals surface area contributed by atoms with Gasteiger partial charge in [-0.15, -0.1) is 0 Å². The molecule has 0 aromatic carbocycles. The first-order valence-electron chi connectivity index (χ1n) is 8.77. The molecule has 0 bridgehead atoms. The van der Waals surface area contributed by atoms with E-state index in [4.69, 9.17) is 0 Å². The highest BCUT2D eigenvalue weighted by molar-refractivity contribution is 4.94. The molecule has 1 N–H and O–H groups in total. The van der Waals surface area contributed by atoms with Gasteiger partial charge in [-0.3, -0.25) is 4.90 Å². The fraction of sp³-hybridized carbons (Fsp3) is 1.00. The maximum absolute atomic E-state index is 3.86. The van der Waals surface area contributed by atoms with Crippen LogP contribution in [0.5, 0.6) is 0 Å². The monoisotopic (exact) mass is 281 g/mol. The zero-order valence-electron chi connectivity index (χ0n) is 14.1. The van der Waals surface area contributed by atoms with Gasteiger partial charge < -0.3 is 10.2 Å². The van der Waals surface area contributed by atoms with Gasteiger partial charge in [-0.1, -0.05) is 20.8 Å². The molecule has 0 radical (unpaired) electrons. The van der Waals surface area contributed by atoms with Crippen LogP contribution >= 0.6 is 0 Å². The molecule has 2 fully saturated rings. The molecule has 4 atom stereocenters. The number of nitrogens with zero attached hydrogens (tertiary/aromatic N) is 2. The van der Waals surface area contributed by atoms with Crippen LogP contribution in [0, 0.1) is 11.8 Å². The van der Waals surface area contributed by atoms with Crippen molar-refractivity contribution >= 4 is 0 Å². The van der Waals surface area contributed by atoms with E-state index in [1.165, 1.54) is 58.4 Å². The summed E-state index contributed by atoms with van der Waals surface area (Å²) in [5.74, 6) is 1.71. The van der Waals surface area contributed by atoms with E-state index in [2.05, 4.69) is 42.9 Å². The first-order valence-corrected chi connectivity index (χ1v) is 8.77. The largest absolute Gasteiger partial charge is 0.312 e. The summed E-state index contributed by atoms with van der Waals surface area (Å²) in [6.45, 7) is 13.4. The zero-order chi connectivity index (χ0) is 14.5. The van der Waals surface area contributed by atoms with Crippen LogP contribution in [0.25, 0.3) is 0 Å². The van der Waals surface area contributed by atoms with Crippen molar-refractivity contribution in [2.24, 2.45) is 11.8 Å². The molecule has 0 amide bonds. The van der Waals surface area contributed by atoms with Crippen LogP contribution in [-0.4, -0.2) is 61.7 Å². The van der Waals surface area contributed by atoms with Crippen LogP contribution in [0.1, 0.15) is 46.5 Å². The summed E-state index contributed by atoms with van der Waals surface area (Å²) in [6.07, 6.45) is 5.34. The molecule has 0 aromatic heterocycles. The minimum atomic E-state index is 0.706. The van der Waals surface area contributed by atoms with Crippen molar-refractivity contribution in [3.05, 3.63) is 0 Å². The van der Waals surface area contributed by atoms with Crippen LogP contribution in [-0.2, 0) is 0 Å². The van der Waals surface area contributed by atoms with Gasteiger partial charge in [0.25, 0.3) is 0 Å². The summed E-state index contributed by atoms with van der Waals surface area (Å²) in [7, 11) is 2.27. The summed E-state index contributed by atoms with van der Waals surface area (Å²) >= 11 is 0. The summed E-state index contributed by atoms with van der Waals surface area (Å²) in [4.78, 5) is 5.29. The van der Waals surface area contributed by atoms with Gasteiger partial charge in [-0.25, -0.2) is 0 Å². The Morgan fingerprint density at radius 2 is 1.85 bits per heavy atom. The maximum atomic E-state index is 3.86. The van der Waals surface area contributed by atoms with Crippen molar-refractivity contribution in [3.63, 3.8) is 0 Å². The van der Waals surface area contributed by atoms with Gasteiger partial charge >= 0.3 is 0 Å². The Morgan fingerprint density at radius 1 is 1.05 bits per heavy atom. The van der Waals surface area contributed by atoms with Crippen molar-refractivity contribution in [2.45, 2.75) is 58.5 Å². The van der Waals surface area contributed by atoms with Gasteiger partial charge in [-0.05, 0) is 64.2 Å². The van der Waals surface area contributed by atoms with Crippen LogP contribution in [0.3, 0.4) is 0 Å². The van der Waals surface area contributed by atoms with E-state index in [9.17, 15) is 0 Å². The molecule has 2 rings (SSSR count). The third-order valence-corrected chi connectivity index (χ3v) is 5.26. The molecular formula is C17H35N3. The Labute approximate surface area is 126 Å². The third kappa shape index (κ3) is 4.19. The average molecular weight is 281 g/mol. The maximum Gasteiger partial charge on any atom is 0.0275 e. The van der Waals surface area contributed by atoms with Crippen molar-refractivity contribution in [1.29, 1.82) is 0 Å². The predicted octanol–water partition coefficient (Wildman–Crippen LogP) is 2.43. The number of hydrogen-bond donors (Lipinski definition) is 1. The van der Waals surface area contributed by atoms with Crippen molar-refractivity contribution in [3.8, 4) is 0 Å². The standard InChI is InChI=1S/C17H35N3/c1-5-7-18-16-13-14(2)12-15(3)17(16)20-9-6-8-19(4)10-11-20/h14-18H,5-13H2,1-4H3. The zero-order valence-corrected chi connectivity index (χ0v) is 14.1. The Balaban J connectivity index is 2.03. The number of rotatable bonds is 4. The fourth-order valence-corrected chi connectivity index (χ4v) is 4.35. The lowest BCUT2D eigenvalue weighted by atomic mass is 9.75. The van der Waals surface area contributed by atoms with Gasteiger partial charge in [0.05, 0.1) is 0 Å². The molecule has 1 heterocycles. The molecule has 118 valence electrons. The Bertz CT molecular complexity index is 277. The van der Waals surface area contributed by atoms with E-state index in [0.29, 0.717) is 6.04 Å². The lowest BCUT2D eigenvalue weighted by Crippen LogP contribution is -2.57. The van der Waals surface area contributed by atoms with Gasteiger partial charge in [-0.2, -0.15) is 0 Å². The molecule has 4 unspecified atom stereocenters. The van der Waals surface area contributed by atoms with Crippen LogP contribution in [0.4, 0.5) is 0 Å². The number of hydrogen-bond acceptors (Lipinski definition) is 3. The normalized spacial score (nSPS) is 37.8. The minimum absolute atomic E-state index is 0.706. The number of nitrogens with one attached hydrogen (secondary N) is 1. The van der Waals surface area contributed by atoms with Crippen molar-refractivity contribution < 1.29 is 0 Å². The van der Waals surface area contributed by atoms with Gasteiger partial charge in [0.1, 0.15) is 0 Å². The molecule has 3 heteroatoms. The minimum Gasteiger partial charge on any atom is -0.312 e. The first kappa shape index (κ1) is 16.3. The van der Waals surface area contributed by atoms with E-state index < -0.39 is 0 Å². The molecule has 1 saturated carbocycles. The van der Waals surface area contributed by atoms with E-state index >= 15 is 0 Å². The summed E-state index contributed by atoms with van der Waals surface area (Å²) in [6, 6.07) is 1.46. The molecule has 1 aliphatic carbocycles. The molecule has 3 nitrogen and oxygen atoms in total. The van der Waals surface area contributed by atoms with Crippen molar-refractivity contribution in [2.75, 3.05) is 39.8 Å². The number of likely N-dealkylation sites (N-methyl/N-ethyl adjacent to an activating group) is 1. The topological polar surface area (TPSA) is 18.5 Å². The molecule has 2 aliphatic rings. The van der Waals surface area contributed by atoms with Gasteiger partial charge in [0.15, 0.2) is 0 Å². The highest BCUT2D eigenvalue weighted by Gasteiger charge is 2.37. The smallest absolute Gasteiger partial charge is 0.0275 e. The van der Waals surface area contributed by atoms with Crippen molar-refractivity contribution in [1.82, 2.24) is 15.1 Å². The van der Waals surface area contributed by atoms with Gasteiger partial charge in [0.2, 0.25) is 0 Å². The Hall–Kier alpha value is -0.120. The second kappa shape index (κ2) is 7.77. The third-order valence-electron chi connectivity index (χ3n) is 5.26. The van der Waals surface area contributed by atoms with Crippen LogP contribution in [0.15, 0.2) is 0 Å². The van der Waals surface area contributed by atoms with E-state index in [1.807, 2.05) is 0 Å². The highest BCUT2D eigenvalue weighted by Crippen LogP contribution is 2.32. The molecular weight excluding hydrogens is 246 g/mol. The second-order valence-electron chi connectivity index (χ2n) is 7.30. The average Bonchev–Trinajstić information content (AvgIpc) is 2.60. The summed E-state index contributed by atoms with van der Waals surface area (Å²) < 4.78 is 0. The fourth-order valence-electron chi connectivity index (χ4n) is 4.35. The quantitative estimate of drug-likeness (QED) is 0.854. The molecule has 0 aromatic rings. The highest BCUT2D eigenvalue weighted by atomic mass is 15.2. The Kier molecular flexibility index (Phi) is 6.31. The first-order chi connectivity index (χ1) is 9.61. The van der Waals surface area contributed by atoms with Crippen LogP contribution < -0.4 is 5.32 Å².